The first-order chi connectivity index (χ1) is 71.9. The van der Waals surface area contributed by atoms with Crippen LogP contribution in [0.25, 0.3) is 65.5 Å². The number of benzene rings is 8. The van der Waals surface area contributed by atoms with E-state index < -0.39 is 0 Å². The lowest BCUT2D eigenvalue weighted by atomic mass is 10.1. The molecule has 0 spiro atoms. The van der Waals surface area contributed by atoms with Crippen LogP contribution in [0.3, 0.4) is 0 Å². The van der Waals surface area contributed by atoms with Crippen molar-refractivity contribution in [2.75, 3.05) is 107 Å². The molecule has 1 amide bonds. The van der Waals surface area contributed by atoms with Crippen LogP contribution in [0.5, 0.6) is 11.5 Å². The van der Waals surface area contributed by atoms with Gasteiger partial charge in [-0.3, -0.25) is 25.5 Å². The number of H-pyrrole nitrogens is 3. The molecule has 0 aliphatic heterocycles. The van der Waals surface area contributed by atoms with Crippen LogP contribution in [0.2, 0.25) is 0 Å². The molecule has 39 nitrogen and oxygen atoms in total. The van der Waals surface area contributed by atoms with E-state index in [4.69, 9.17) is 48.8 Å². The Morgan fingerprint density at radius 3 is 1.96 bits per heavy atom. The number of imidazole rings is 1. The van der Waals surface area contributed by atoms with Crippen LogP contribution >= 0.6 is 34.4 Å². The first-order valence-corrected chi connectivity index (χ1v) is 49.3. The molecule has 21 aromatic rings. The summed E-state index contributed by atoms with van der Waals surface area (Å²) in [7, 11) is 7.56. The van der Waals surface area contributed by atoms with E-state index in [0.717, 1.165) is 152 Å². The van der Waals surface area contributed by atoms with Gasteiger partial charge in [-0.25, -0.2) is 54.8 Å². The van der Waals surface area contributed by atoms with Crippen molar-refractivity contribution >= 4 is 215 Å². The van der Waals surface area contributed by atoms with Crippen molar-refractivity contribution in [1.82, 2.24) is 105 Å². The van der Waals surface area contributed by atoms with Gasteiger partial charge in [0.1, 0.15) is 58.9 Å². The van der Waals surface area contributed by atoms with Gasteiger partial charge in [0.2, 0.25) is 35.6 Å². The molecule has 23 rings (SSSR count). The molecule has 0 saturated heterocycles. The van der Waals surface area contributed by atoms with Crippen molar-refractivity contribution in [3.8, 4) is 23.6 Å². The molecule has 0 unspecified atom stereocenters. The number of likely N-dealkylation sites (N-methyl/N-ethyl adjacent to an activating group) is 1. The summed E-state index contributed by atoms with van der Waals surface area (Å²) < 4.78 is 22.4. The third-order valence-electron chi connectivity index (χ3n) is 22.9. The Hall–Kier alpha value is -18.2. The maximum absolute atomic E-state index is 11.2. The Bertz CT molecular complexity index is 8230. The molecule has 2 fully saturated rings. The summed E-state index contributed by atoms with van der Waals surface area (Å²) in [5.41, 5.74) is 12.4. The third kappa shape index (κ3) is 25.1. The molecular formula is C105H97N33O6S3. The lowest BCUT2D eigenvalue weighted by molar-refractivity contribution is -0.114. The molecule has 13 aromatic heterocycles. The number of ether oxygens (including phenoxy) is 2. The number of aromatic amines is 3. The number of pyridine rings is 1. The Labute approximate surface area is 853 Å². The number of methoxy groups -OCH3 is 1. The Morgan fingerprint density at radius 2 is 1.25 bits per heavy atom. The van der Waals surface area contributed by atoms with Crippen LogP contribution in [-0.2, 0) is 17.6 Å². The van der Waals surface area contributed by atoms with E-state index in [0.29, 0.717) is 124 Å². The zero-order valence-electron chi connectivity index (χ0n) is 80.5. The second-order valence-electron chi connectivity index (χ2n) is 34.0. The third-order valence-corrected chi connectivity index (χ3v) is 25.9. The SMILES string of the molecule is CC(=O)Nc1ccc(Sc2nc(Nc3ncc(C)[nH]3)c3ccccc3n2)cc1.CCc1cnc(Nc2nc(Nc3ccc(C#N)cc3)nc3cc(OCCN(C)C)ccc23)s1.CN(c1ccc2[nH]ncc2c1)c1nc(Nc2ncco2)c2ccncc2n1.COc1ccc2c(Nc3ncc(C4CC4)o3)nc(Nc3ccc(CC#N)cc3)nc2c1.OCCN(c1ccccc1)c1nc(Nc2ncc(C3CC3)s2)c2[nH]ccc2n1. The number of oxazole rings is 2. The fourth-order valence-corrected chi connectivity index (χ4v) is 17.7. The Morgan fingerprint density at radius 1 is 0.571 bits per heavy atom. The number of aliphatic hydroxyl groups excluding tert-OH is 1. The topological polar surface area (TPSA) is 502 Å². The van der Waals surface area contributed by atoms with Crippen molar-refractivity contribution in [2.45, 2.75) is 81.2 Å². The number of thiazole rings is 2. The first kappa shape index (κ1) is 97.6. The van der Waals surface area contributed by atoms with Crippen molar-refractivity contribution in [3.63, 3.8) is 0 Å². The van der Waals surface area contributed by atoms with E-state index in [1.54, 1.807) is 79.1 Å². The van der Waals surface area contributed by atoms with Gasteiger partial charge >= 0.3 is 6.01 Å². The summed E-state index contributed by atoms with van der Waals surface area (Å²) in [6.07, 6.45) is 23.6. The maximum Gasteiger partial charge on any atom is 0.300 e. The number of hydrogen-bond donors (Lipinski definition) is 12. The second kappa shape index (κ2) is 45.8. The number of fused-ring (bicyclic) bond motifs is 6. The lowest BCUT2D eigenvalue weighted by Gasteiger charge is -2.22. The van der Waals surface area contributed by atoms with Crippen molar-refractivity contribution in [1.29, 1.82) is 10.5 Å². The number of rotatable bonds is 32. The van der Waals surface area contributed by atoms with Crippen molar-refractivity contribution in [3.05, 3.63) is 288 Å². The number of carbonyl (C=O) groups excluding carboxylic acids is 1. The highest BCUT2D eigenvalue weighted by molar-refractivity contribution is 7.99. The van der Waals surface area contributed by atoms with Gasteiger partial charge in [0.25, 0.3) is 6.01 Å². The number of nitrogens with one attached hydrogen (secondary N) is 11. The molecule has 12 N–H and O–H groups in total. The predicted molar refractivity (Wildman–Crippen MR) is 574 cm³/mol. The lowest BCUT2D eigenvalue weighted by Crippen LogP contribution is -2.23. The molecule has 736 valence electrons. The normalized spacial score (nSPS) is 11.9. The summed E-state index contributed by atoms with van der Waals surface area (Å²) in [5, 5.41) is 66.6. The quantitative estimate of drug-likeness (QED) is 0.0174. The number of para-hydroxylation sites is 2. The highest BCUT2D eigenvalue weighted by Crippen LogP contribution is 2.46. The van der Waals surface area contributed by atoms with Crippen LogP contribution < -0.4 is 61.8 Å². The largest absolute Gasteiger partial charge is 0.497 e. The van der Waals surface area contributed by atoms with Gasteiger partial charge in [0.15, 0.2) is 21.2 Å². The molecule has 0 bridgehead atoms. The summed E-state index contributed by atoms with van der Waals surface area (Å²) in [4.78, 5) is 99.6. The summed E-state index contributed by atoms with van der Waals surface area (Å²) in [6.45, 7) is 7.36. The van der Waals surface area contributed by atoms with Gasteiger partial charge in [0.05, 0.1) is 95.7 Å². The minimum absolute atomic E-state index is 0.00339. The number of amides is 1. The van der Waals surface area contributed by atoms with Crippen LogP contribution in [0.15, 0.2) is 275 Å². The monoisotopic (exact) mass is 2010 g/mol. The van der Waals surface area contributed by atoms with Gasteiger partial charge in [-0.2, -0.15) is 35.6 Å². The smallest absolute Gasteiger partial charge is 0.300 e. The number of nitrogens with zero attached hydrogens (tertiary/aromatic N) is 22. The molecule has 147 heavy (non-hydrogen) atoms. The van der Waals surface area contributed by atoms with Crippen molar-refractivity contribution in [2.24, 2.45) is 0 Å². The fraction of sp³-hybridized carbons (Fsp3) is 0.181. The van der Waals surface area contributed by atoms with Gasteiger partial charge in [-0.15, -0.1) is 22.7 Å². The summed E-state index contributed by atoms with van der Waals surface area (Å²) in [6, 6.07) is 66.2. The van der Waals surface area contributed by atoms with Crippen molar-refractivity contribution < 1.29 is 28.2 Å². The van der Waals surface area contributed by atoms with E-state index in [2.05, 4.69) is 146 Å². The Balaban J connectivity index is 0.000000116. The van der Waals surface area contributed by atoms with Gasteiger partial charge in [-0.1, -0.05) is 49.4 Å². The standard InChI is InChI=1S/C24H25N7OS.C23H20N6O2.C20H20N6OS.C20H18N6OS.C18H14N8O/c1-4-19-15-26-24(33-19)30-22-20-10-9-18(32-12-11-31(2)3)13-21(20)28-23(29-22)27-17-7-5-16(14-25)6-8-17;1-30-17-8-9-18-19(12-17)27-22(26-16-6-2-14(3-7-16)10-11-24)28-21(18)29-23-25-13-20(31-23)15-4-5-15;27-11-10-26(14-4-2-1-3-5-14)19-23-15-8-9-21-17(15)18(24-19)25-20-22-12-16(28-20)13-6-7-13;1-12-11-21-19(22-12)25-18-16-5-3-4-6-17(16)24-20(26-18)28-15-9-7-14(8-10-15)23-13(2)27;1-26(12-2-3-14-11(8-12)9-21-25-14)17-22-15-10-19-5-4-13(15)16(23-17)24-18-20-6-7-27-18/h5-10,13,15H,4,11-12H2,1-3H3,(H2,26,27,28,29,30);2-3,6-9,12-13,15H,4-5,10H2,1H3,(H2,25,26,27,28,29);1-5,8-9,12-13,21,27H,6-7,10-11H2,(H,22,23,24,25);3-11H,1-2H3,(H,23,27)(H2,21,22,24,25,26);2-10H,1H3,(H,21,25)(H,20,22,23,24). The maximum atomic E-state index is 11.2. The van der Waals surface area contributed by atoms with Gasteiger partial charge in [-0.05, 0) is 216 Å². The molecule has 2 aliphatic rings. The number of nitriles is 2. The predicted octanol–water partition coefficient (Wildman–Crippen LogP) is 22.1. The molecule has 2 saturated carbocycles. The van der Waals surface area contributed by atoms with E-state index >= 15 is 0 Å². The van der Waals surface area contributed by atoms with Crippen LogP contribution in [0.4, 0.5) is 110 Å². The average Bonchev–Trinajstić information content (AvgIpc) is 1.71. The first-order valence-electron chi connectivity index (χ1n) is 46.9. The molecule has 0 atom stereocenters. The zero-order chi connectivity index (χ0) is 101. The second-order valence-corrected chi connectivity index (χ2v) is 37.2. The van der Waals surface area contributed by atoms with Crippen LogP contribution in [0, 0.1) is 29.6 Å². The zero-order valence-corrected chi connectivity index (χ0v) is 83.0. The minimum atomic E-state index is -0.0952. The Kier molecular flexibility index (Phi) is 30.4. The van der Waals surface area contributed by atoms with E-state index in [-0.39, 0.29) is 12.5 Å². The van der Waals surface area contributed by atoms with E-state index in [1.165, 1.54) is 47.5 Å². The van der Waals surface area contributed by atoms with Gasteiger partial charge in [0, 0.05) is 152 Å². The molecular weight excluding hydrogens is 1920 g/mol. The molecule has 13 heterocycles. The highest BCUT2D eigenvalue weighted by atomic mass is 32.2. The number of aromatic nitrogens is 20. The summed E-state index contributed by atoms with van der Waals surface area (Å²) in [5.74, 6) is 9.18. The van der Waals surface area contributed by atoms with E-state index in [9.17, 15) is 9.90 Å². The molecule has 2 aliphatic carbocycles. The fourth-order valence-electron chi connectivity index (χ4n) is 15.2. The summed E-state index contributed by atoms with van der Waals surface area (Å²) >= 11 is 4.74. The van der Waals surface area contributed by atoms with Gasteiger partial charge < -0.3 is 80.0 Å². The highest BCUT2D eigenvalue weighted by Gasteiger charge is 2.30. The van der Waals surface area contributed by atoms with Crippen LogP contribution in [-0.4, -0.2) is 170 Å². The number of anilines is 19. The number of aryl methyl sites for hydroxylation is 2. The minimum Gasteiger partial charge on any atom is -0.497 e. The average molecular weight is 2010 g/mol. The molecule has 0 radical (unpaired) electrons. The number of carbonyl (C=O) groups is 1. The van der Waals surface area contributed by atoms with Crippen LogP contribution in [0.1, 0.15) is 83.7 Å². The number of hydrogen-bond acceptors (Lipinski definition) is 38. The number of aliphatic hydroxyl groups is 1. The molecule has 8 aromatic carbocycles. The molecule has 42 heteroatoms. The van der Waals surface area contributed by atoms with E-state index in [1.807, 2.05) is 238 Å².